The van der Waals surface area contributed by atoms with Crippen LogP contribution in [0.3, 0.4) is 0 Å². The minimum Gasteiger partial charge on any atom is -0.352 e. The Labute approximate surface area is 135 Å². The van der Waals surface area contributed by atoms with Gasteiger partial charge in [-0.15, -0.1) is 11.3 Å². The van der Waals surface area contributed by atoms with Gasteiger partial charge < -0.3 is 5.32 Å². The monoisotopic (exact) mass is 324 g/mol. The van der Waals surface area contributed by atoms with Crippen molar-refractivity contribution in [2.45, 2.75) is 46.2 Å². The molecule has 0 saturated carbocycles. The van der Waals surface area contributed by atoms with Gasteiger partial charge in [0.25, 0.3) is 0 Å². The summed E-state index contributed by atoms with van der Waals surface area (Å²) < 4.78 is 0. The number of piperidine rings is 1. The number of thiazole rings is 1. The molecule has 1 fully saturated rings. The third kappa shape index (κ3) is 4.51. The maximum atomic E-state index is 11.6. The molecule has 1 aliphatic heterocycles. The van der Waals surface area contributed by atoms with E-state index in [-0.39, 0.29) is 17.9 Å². The van der Waals surface area contributed by atoms with Crippen LogP contribution in [0.5, 0.6) is 0 Å². The Morgan fingerprint density at radius 2 is 2.27 bits per heavy atom. The second-order valence-electron chi connectivity index (χ2n) is 5.66. The van der Waals surface area contributed by atoms with Gasteiger partial charge in [0, 0.05) is 44.9 Å². The van der Waals surface area contributed by atoms with Crippen LogP contribution in [0.2, 0.25) is 0 Å². The molecule has 1 atom stereocenters. The Kier molecular flexibility index (Phi) is 5.90. The van der Waals surface area contributed by atoms with E-state index >= 15 is 0 Å². The molecule has 0 bridgehead atoms. The van der Waals surface area contributed by atoms with Gasteiger partial charge in [0.05, 0.1) is 5.69 Å². The van der Waals surface area contributed by atoms with Gasteiger partial charge in [-0.1, -0.05) is 0 Å². The molecule has 0 unspecified atom stereocenters. The predicted molar refractivity (Wildman–Crippen MR) is 87.9 cm³/mol. The van der Waals surface area contributed by atoms with E-state index in [2.05, 4.69) is 15.2 Å². The number of likely N-dealkylation sites (tertiary alicyclic amines) is 1. The lowest BCUT2D eigenvalue weighted by atomic mass is 10.1. The first-order valence-corrected chi connectivity index (χ1v) is 8.59. The number of carbonyl (C=O) groups is 2. The van der Waals surface area contributed by atoms with Crippen molar-refractivity contribution in [3.63, 3.8) is 0 Å². The molecule has 0 aliphatic carbocycles. The lowest BCUT2D eigenvalue weighted by Crippen LogP contribution is -2.46. The van der Waals surface area contributed by atoms with Gasteiger partial charge in [-0.2, -0.15) is 0 Å². The van der Waals surface area contributed by atoms with Crippen LogP contribution in [-0.2, 0) is 16.1 Å². The smallest absolute Gasteiger partial charge is 0.225 e. The molecule has 1 aromatic rings. The van der Waals surface area contributed by atoms with Crippen LogP contribution < -0.4 is 10.2 Å². The van der Waals surface area contributed by atoms with Crippen molar-refractivity contribution in [3.05, 3.63) is 11.1 Å². The van der Waals surface area contributed by atoms with Gasteiger partial charge in [0.15, 0.2) is 5.13 Å². The van der Waals surface area contributed by atoms with Crippen LogP contribution in [-0.4, -0.2) is 47.4 Å². The summed E-state index contributed by atoms with van der Waals surface area (Å²) in [4.78, 5) is 31.3. The van der Waals surface area contributed by atoms with Crippen LogP contribution in [0, 0.1) is 0 Å². The highest BCUT2D eigenvalue weighted by Gasteiger charge is 2.21. The zero-order valence-electron chi connectivity index (χ0n) is 13.5. The lowest BCUT2D eigenvalue weighted by molar-refractivity contribution is -0.120. The molecule has 2 rings (SSSR count). The molecule has 1 saturated heterocycles. The molecule has 2 heterocycles. The van der Waals surface area contributed by atoms with Crippen molar-refractivity contribution in [2.24, 2.45) is 0 Å². The molecule has 0 aromatic carbocycles. The van der Waals surface area contributed by atoms with E-state index in [9.17, 15) is 9.59 Å². The SMILES string of the molecule is CCN(C(C)=O)c1nc(CN2CCC[C@@H](NC(C)=O)C2)cs1. The zero-order valence-corrected chi connectivity index (χ0v) is 14.3. The largest absolute Gasteiger partial charge is 0.352 e. The molecule has 2 amide bonds. The fraction of sp³-hybridized carbons (Fsp3) is 0.667. The second-order valence-corrected chi connectivity index (χ2v) is 6.50. The summed E-state index contributed by atoms with van der Waals surface area (Å²) >= 11 is 1.51. The van der Waals surface area contributed by atoms with Gasteiger partial charge in [-0.3, -0.25) is 19.4 Å². The van der Waals surface area contributed by atoms with E-state index < -0.39 is 0 Å². The van der Waals surface area contributed by atoms with E-state index in [1.807, 2.05) is 12.3 Å². The van der Waals surface area contributed by atoms with Crippen molar-refractivity contribution in [1.82, 2.24) is 15.2 Å². The topological polar surface area (TPSA) is 65.5 Å². The van der Waals surface area contributed by atoms with E-state index in [0.717, 1.165) is 43.3 Å². The highest BCUT2D eigenvalue weighted by Crippen LogP contribution is 2.22. The van der Waals surface area contributed by atoms with Gasteiger partial charge in [0.2, 0.25) is 11.8 Å². The normalized spacial score (nSPS) is 19.0. The van der Waals surface area contributed by atoms with E-state index in [1.165, 1.54) is 11.3 Å². The summed E-state index contributed by atoms with van der Waals surface area (Å²) in [7, 11) is 0. The maximum Gasteiger partial charge on any atom is 0.225 e. The zero-order chi connectivity index (χ0) is 16.1. The highest BCUT2D eigenvalue weighted by molar-refractivity contribution is 7.14. The summed E-state index contributed by atoms with van der Waals surface area (Å²) in [5.41, 5.74) is 0.989. The molecule has 1 N–H and O–H groups in total. The summed E-state index contributed by atoms with van der Waals surface area (Å²) in [5.74, 6) is 0.0509. The van der Waals surface area contributed by atoms with Crippen LogP contribution in [0.1, 0.15) is 39.3 Å². The molecule has 1 aromatic heterocycles. The molecule has 7 heteroatoms. The average Bonchev–Trinajstić information content (AvgIpc) is 2.87. The number of amides is 2. The molecule has 122 valence electrons. The summed E-state index contributed by atoms with van der Waals surface area (Å²) in [5, 5.41) is 5.77. The van der Waals surface area contributed by atoms with Crippen molar-refractivity contribution < 1.29 is 9.59 Å². The molecule has 22 heavy (non-hydrogen) atoms. The van der Waals surface area contributed by atoms with E-state index in [0.29, 0.717) is 6.54 Å². The third-order valence-electron chi connectivity index (χ3n) is 3.77. The molecule has 0 spiro atoms. The summed E-state index contributed by atoms with van der Waals surface area (Å²) in [6, 6.07) is 0.230. The Balaban J connectivity index is 1.95. The van der Waals surface area contributed by atoms with Crippen molar-refractivity contribution in [2.75, 3.05) is 24.5 Å². The Morgan fingerprint density at radius 1 is 1.50 bits per heavy atom. The maximum absolute atomic E-state index is 11.6. The minimum absolute atomic E-state index is 0.0205. The van der Waals surface area contributed by atoms with Crippen LogP contribution in [0.4, 0.5) is 5.13 Å². The number of rotatable bonds is 5. The Morgan fingerprint density at radius 3 is 2.91 bits per heavy atom. The standard InChI is InChI=1S/C15H24N4O2S/c1-4-19(12(3)21)15-17-14(10-22-15)9-18-7-5-6-13(8-18)16-11(2)20/h10,13H,4-9H2,1-3H3,(H,16,20)/t13-/m1/s1. The summed E-state index contributed by atoms with van der Waals surface area (Å²) in [6.45, 7) is 8.35. The number of aromatic nitrogens is 1. The number of anilines is 1. The molecule has 1 aliphatic rings. The predicted octanol–water partition coefficient (Wildman–Crippen LogP) is 1.62. The average molecular weight is 324 g/mol. The molecule has 6 nitrogen and oxygen atoms in total. The summed E-state index contributed by atoms with van der Waals surface area (Å²) in [6.07, 6.45) is 2.11. The number of nitrogens with zero attached hydrogens (tertiary/aromatic N) is 3. The fourth-order valence-electron chi connectivity index (χ4n) is 2.82. The fourth-order valence-corrected chi connectivity index (χ4v) is 3.74. The highest BCUT2D eigenvalue weighted by atomic mass is 32.1. The number of carbonyl (C=O) groups excluding carboxylic acids is 2. The first-order valence-electron chi connectivity index (χ1n) is 7.71. The molecule has 0 radical (unpaired) electrons. The number of hydrogen-bond acceptors (Lipinski definition) is 5. The molecular formula is C15H24N4O2S. The van der Waals surface area contributed by atoms with Gasteiger partial charge in [-0.05, 0) is 26.3 Å². The number of nitrogens with one attached hydrogen (secondary N) is 1. The Hall–Kier alpha value is -1.47. The second kappa shape index (κ2) is 7.69. The lowest BCUT2D eigenvalue weighted by Gasteiger charge is -2.32. The van der Waals surface area contributed by atoms with Crippen LogP contribution in [0.25, 0.3) is 0 Å². The molecular weight excluding hydrogens is 300 g/mol. The quantitative estimate of drug-likeness (QED) is 0.894. The van der Waals surface area contributed by atoms with Gasteiger partial charge >= 0.3 is 0 Å². The van der Waals surface area contributed by atoms with Crippen molar-refractivity contribution >= 4 is 28.3 Å². The first kappa shape index (κ1) is 16.9. The minimum atomic E-state index is 0.0205. The van der Waals surface area contributed by atoms with Gasteiger partial charge in [-0.25, -0.2) is 4.98 Å². The van der Waals surface area contributed by atoms with E-state index in [1.54, 1.807) is 18.7 Å². The number of hydrogen-bond donors (Lipinski definition) is 1. The van der Waals surface area contributed by atoms with Gasteiger partial charge in [0.1, 0.15) is 0 Å². The van der Waals surface area contributed by atoms with E-state index in [4.69, 9.17) is 0 Å². The van der Waals surface area contributed by atoms with Crippen molar-refractivity contribution in [3.8, 4) is 0 Å². The Bertz CT molecular complexity index is 531. The van der Waals surface area contributed by atoms with Crippen LogP contribution in [0.15, 0.2) is 5.38 Å². The van der Waals surface area contributed by atoms with Crippen molar-refractivity contribution in [1.29, 1.82) is 0 Å². The first-order chi connectivity index (χ1) is 10.5. The third-order valence-corrected chi connectivity index (χ3v) is 4.68. The van der Waals surface area contributed by atoms with Crippen LogP contribution >= 0.6 is 11.3 Å².